The van der Waals surface area contributed by atoms with Gasteiger partial charge in [0.15, 0.2) is 5.75 Å². The summed E-state index contributed by atoms with van der Waals surface area (Å²) in [7, 11) is 4.97. The molecule has 1 heterocycles. The first-order valence-corrected chi connectivity index (χ1v) is 11.6. The number of rotatable bonds is 8. The molecule has 2 aromatic carbocycles. The Labute approximate surface area is 204 Å². The standard InChI is InChI=1S/C26H29ClN2O5/c1-16-13-17(28-11-8-12-29(2)18-9-6-5-7-10-18)14-21(30)26(16)25(31)22-19(32-3)15-20(33-4)23(27)24(22)34-26/h5-7,9-10,14-16,28H,8,11-13H2,1-4H3. The van der Waals surface area contributed by atoms with E-state index in [1.165, 1.54) is 26.4 Å². The van der Waals surface area contributed by atoms with Crippen LogP contribution in [0, 0.1) is 5.92 Å². The number of nitrogens with zero attached hydrogens (tertiary/aromatic N) is 1. The van der Waals surface area contributed by atoms with Crippen molar-refractivity contribution in [1.29, 1.82) is 0 Å². The molecule has 1 N–H and O–H groups in total. The highest BCUT2D eigenvalue weighted by Crippen LogP contribution is 2.52. The van der Waals surface area contributed by atoms with Crippen LogP contribution in [0.3, 0.4) is 0 Å². The van der Waals surface area contributed by atoms with Gasteiger partial charge >= 0.3 is 0 Å². The van der Waals surface area contributed by atoms with Gasteiger partial charge in [0, 0.05) is 49.6 Å². The molecule has 1 spiro atoms. The van der Waals surface area contributed by atoms with Gasteiger partial charge < -0.3 is 24.4 Å². The Bertz CT molecular complexity index is 1130. The first-order chi connectivity index (χ1) is 16.3. The Hall–Kier alpha value is -3.19. The summed E-state index contributed by atoms with van der Waals surface area (Å²) in [5.41, 5.74) is 0.493. The van der Waals surface area contributed by atoms with Crippen LogP contribution < -0.4 is 24.4 Å². The number of hydrogen-bond acceptors (Lipinski definition) is 7. The number of nitrogens with one attached hydrogen (secondary N) is 1. The maximum absolute atomic E-state index is 13.5. The van der Waals surface area contributed by atoms with Gasteiger partial charge in [0.25, 0.3) is 0 Å². The van der Waals surface area contributed by atoms with Gasteiger partial charge in [0.1, 0.15) is 22.1 Å². The normalized spacial score (nSPS) is 21.1. The molecular weight excluding hydrogens is 456 g/mol. The topological polar surface area (TPSA) is 77.1 Å². The van der Waals surface area contributed by atoms with Crippen LogP contribution in [-0.4, -0.2) is 51.5 Å². The van der Waals surface area contributed by atoms with Gasteiger partial charge in [-0.3, -0.25) is 9.59 Å². The second-order valence-electron chi connectivity index (χ2n) is 8.64. The second-order valence-corrected chi connectivity index (χ2v) is 9.02. The summed E-state index contributed by atoms with van der Waals surface area (Å²) in [6.07, 6.45) is 2.88. The smallest absolute Gasteiger partial charge is 0.236 e. The van der Waals surface area contributed by atoms with Crippen molar-refractivity contribution in [1.82, 2.24) is 5.32 Å². The van der Waals surface area contributed by atoms with E-state index in [1.807, 2.05) is 25.1 Å². The zero-order chi connectivity index (χ0) is 24.5. The number of allylic oxidation sites excluding steroid dienone is 1. The van der Waals surface area contributed by atoms with Crippen molar-refractivity contribution in [3.63, 3.8) is 0 Å². The van der Waals surface area contributed by atoms with Crippen molar-refractivity contribution in [3.8, 4) is 17.2 Å². The van der Waals surface area contributed by atoms with Gasteiger partial charge in [-0.1, -0.05) is 36.7 Å². The number of halogens is 1. The molecule has 1 aliphatic carbocycles. The Morgan fingerprint density at radius 2 is 1.88 bits per heavy atom. The molecule has 0 bridgehead atoms. The molecule has 4 rings (SSSR count). The predicted molar refractivity (Wildman–Crippen MR) is 131 cm³/mol. The van der Waals surface area contributed by atoms with Crippen molar-refractivity contribution in [3.05, 3.63) is 58.8 Å². The van der Waals surface area contributed by atoms with E-state index in [0.717, 1.165) is 24.4 Å². The van der Waals surface area contributed by atoms with Crippen LogP contribution in [-0.2, 0) is 4.79 Å². The van der Waals surface area contributed by atoms with Gasteiger partial charge in [0.2, 0.25) is 17.2 Å². The molecule has 0 saturated carbocycles. The summed E-state index contributed by atoms with van der Waals surface area (Å²) in [6.45, 7) is 3.42. The lowest BCUT2D eigenvalue weighted by atomic mass is 9.74. The van der Waals surface area contributed by atoms with Crippen LogP contribution in [0.15, 0.2) is 48.2 Å². The minimum atomic E-state index is -1.65. The van der Waals surface area contributed by atoms with Gasteiger partial charge in [-0.25, -0.2) is 0 Å². The highest BCUT2D eigenvalue weighted by atomic mass is 35.5. The molecule has 0 fully saturated rings. The van der Waals surface area contributed by atoms with E-state index in [0.29, 0.717) is 18.7 Å². The fourth-order valence-corrected chi connectivity index (χ4v) is 4.89. The molecule has 8 heteroatoms. The Morgan fingerprint density at radius 3 is 2.53 bits per heavy atom. The van der Waals surface area contributed by atoms with E-state index in [4.69, 9.17) is 25.8 Å². The molecule has 0 amide bonds. The third kappa shape index (κ3) is 3.98. The first-order valence-electron chi connectivity index (χ1n) is 11.3. The number of carbonyl (C=O) groups is 2. The third-order valence-corrected chi connectivity index (χ3v) is 6.89. The number of fused-ring (bicyclic) bond motifs is 1. The van der Waals surface area contributed by atoms with Gasteiger partial charge in [-0.05, 0) is 25.0 Å². The van der Waals surface area contributed by atoms with Gasteiger partial charge in [0.05, 0.1) is 14.2 Å². The van der Waals surface area contributed by atoms with Crippen molar-refractivity contribution in [2.45, 2.75) is 25.4 Å². The average molecular weight is 485 g/mol. The summed E-state index contributed by atoms with van der Waals surface area (Å²) in [5.74, 6) is -0.498. The predicted octanol–water partition coefficient (Wildman–Crippen LogP) is 4.28. The summed E-state index contributed by atoms with van der Waals surface area (Å²) >= 11 is 6.43. The fourth-order valence-electron chi connectivity index (χ4n) is 4.63. The van der Waals surface area contributed by atoms with E-state index in [9.17, 15) is 9.59 Å². The summed E-state index contributed by atoms with van der Waals surface area (Å²) in [5, 5.41) is 3.51. The second kappa shape index (κ2) is 9.58. The Balaban J connectivity index is 1.47. The SMILES string of the molecule is COc1cc(OC)c2c(c1Cl)OC1(C(=O)C=C(NCCCN(C)c3ccccc3)CC1C)C2=O. The zero-order valence-electron chi connectivity index (χ0n) is 19.8. The molecule has 2 unspecified atom stereocenters. The minimum absolute atomic E-state index is 0.136. The number of para-hydroxylation sites is 1. The lowest BCUT2D eigenvalue weighted by Crippen LogP contribution is -2.55. The number of methoxy groups -OCH3 is 2. The van der Waals surface area contributed by atoms with Crippen LogP contribution in [0.25, 0.3) is 0 Å². The van der Waals surface area contributed by atoms with E-state index < -0.39 is 23.1 Å². The molecule has 34 heavy (non-hydrogen) atoms. The minimum Gasteiger partial charge on any atom is -0.496 e. The number of ether oxygens (including phenoxy) is 3. The van der Waals surface area contributed by atoms with Crippen molar-refractivity contribution < 1.29 is 23.8 Å². The summed E-state index contributed by atoms with van der Waals surface area (Å²) in [6, 6.07) is 11.7. The lowest BCUT2D eigenvalue weighted by Gasteiger charge is -2.35. The van der Waals surface area contributed by atoms with Crippen LogP contribution in [0.1, 0.15) is 30.1 Å². The van der Waals surface area contributed by atoms with Crippen LogP contribution in [0.4, 0.5) is 5.69 Å². The molecule has 7 nitrogen and oxygen atoms in total. The molecule has 0 radical (unpaired) electrons. The number of anilines is 1. The highest BCUT2D eigenvalue weighted by Gasteiger charge is 2.60. The molecule has 0 saturated heterocycles. The van der Waals surface area contributed by atoms with Crippen LogP contribution >= 0.6 is 11.6 Å². The molecule has 0 aromatic heterocycles. The van der Waals surface area contributed by atoms with E-state index in [-0.39, 0.29) is 22.1 Å². The van der Waals surface area contributed by atoms with E-state index >= 15 is 0 Å². The Kier molecular flexibility index (Phi) is 6.75. The van der Waals surface area contributed by atoms with Gasteiger partial charge in [-0.15, -0.1) is 0 Å². The van der Waals surface area contributed by atoms with Crippen LogP contribution in [0.5, 0.6) is 17.2 Å². The highest BCUT2D eigenvalue weighted by molar-refractivity contribution is 6.36. The summed E-state index contributed by atoms with van der Waals surface area (Å²) in [4.78, 5) is 29.0. The molecular formula is C26H29ClN2O5. The molecule has 2 aromatic rings. The average Bonchev–Trinajstić information content (AvgIpc) is 3.16. The fraction of sp³-hybridized carbons (Fsp3) is 0.385. The van der Waals surface area contributed by atoms with Gasteiger partial charge in [-0.2, -0.15) is 0 Å². The number of benzene rings is 2. The van der Waals surface area contributed by atoms with Crippen molar-refractivity contribution in [2.75, 3.05) is 39.3 Å². The maximum atomic E-state index is 13.5. The monoisotopic (exact) mass is 484 g/mol. The number of Topliss-reactive ketones (excluding diaryl/α,β-unsaturated/α-hetero) is 1. The summed E-state index contributed by atoms with van der Waals surface area (Å²) < 4.78 is 16.7. The Morgan fingerprint density at radius 1 is 1.18 bits per heavy atom. The largest absolute Gasteiger partial charge is 0.496 e. The molecule has 1 aliphatic heterocycles. The first kappa shape index (κ1) is 24.0. The number of hydrogen-bond donors (Lipinski definition) is 1. The van der Waals surface area contributed by atoms with E-state index in [1.54, 1.807) is 0 Å². The van der Waals surface area contributed by atoms with Crippen molar-refractivity contribution in [2.24, 2.45) is 5.92 Å². The lowest BCUT2D eigenvalue weighted by molar-refractivity contribution is -0.129. The van der Waals surface area contributed by atoms with Crippen LogP contribution in [0.2, 0.25) is 5.02 Å². The van der Waals surface area contributed by atoms with E-state index in [2.05, 4.69) is 29.4 Å². The molecule has 2 aliphatic rings. The molecule has 180 valence electrons. The quantitative estimate of drug-likeness (QED) is 0.442. The number of carbonyl (C=O) groups excluding carboxylic acids is 2. The number of ketones is 2. The van der Waals surface area contributed by atoms with Crippen molar-refractivity contribution >= 4 is 28.9 Å². The molecule has 2 atom stereocenters. The third-order valence-electron chi connectivity index (χ3n) is 6.53. The zero-order valence-corrected chi connectivity index (χ0v) is 20.6. The maximum Gasteiger partial charge on any atom is 0.236 e.